The maximum atomic E-state index is 10.4. The van der Waals surface area contributed by atoms with Crippen LogP contribution in [0.15, 0.2) is 18.2 Å². The molecule has 1 aromatic rings. The van der Waals surface area contributed by atoms with Gasteiger partial charge in [-0.1, -0.05) is 24.9 Å². The first kappa shape index (κ1) is 13.7. The maximum absolute atomic E-state index is 10.4. The van der Waals surface area contributed by atoms with E-state index in [2.05, 4.69) is 31.7 Å². The smallest absolute Gasteiger partial charge is 0.0784 e. The Morgan fingerprint density at radius 3 is 2.78 bits per heavy atom. The van der Waals surface area contributed by atoms with Crippen LogP contribution in [0.25, 0.3) is 0 Å². The van der Waals surface area contributed by atoms with Gasteiger partial charge in [-0.2, -0.15) is 0 Å². The van der Waals surface area contributed by atoms with Crippen molar-refractivity contribution >= 4 is 17.3 Å². The van der Waals surface area contributed by atoms with Gasteiger partial charge in [0, 0.05) is 29.2 Å². The molecule has 1 N–H and O–H groups in total. The minimum absolute atomic E-state index is 0.221. The standard InChI is InChI=1S/C15H22ClNO/c1-4-5-12-13-8-11(16)6-7-14(13)17(10(2)3)9-15(12)18/h6-8,10,12,15,18H,4-5,9H2,1-3H3/t12-,15-/m1/s1. The van der Waals surface area contributed by atoms with Crippen LogP contribution in [0, 0.1) is 0 Å². The van der Waals surface area contributed by atoms with Crippen molar-refractivity contribution in [2.45, 2.75) is 51.7 Å². The first-order valence-electron chi connectivity index (χ1n) is 6.78. The molecule has 1 aliphatic rings. The van der Waals surface area contributed by atoms with Crippen molar-refractivity contribution in [2.75, 3.05) is 11.4 Å². The van der Waals surface area contributed by atoms with Gasteiger partial charge in [0.25, 0.3) is 0 Å². The molecule has 1 heterocycles. The van der Waals surface area contributed by atoms with Gasteiger partial charge in [0.1, 0.15) is 0 Å². The summed E-state index contributed by atoms with van der Waals surface area (Å²) in [4.78, 5) is 2.27. The summed E-state index contributed by atoms with van der Waals surface area (Å²) < 4.78 is 0. The first-order valence-corrected chi connectivity index (χ1v) is 7.16. The number of rotatable bonds is 3. The summed E-state index contributed by atoms with van der Waals surface area (Å²) in [7, 11) is 0. The molecule has 2 nitrogen and oxygen atoms in total. The molecule has 0 radical (unpaired) electrons. The second kappa shape index (κ2) is 5.50. The molecule has 0 fully saturated rings. The van der Waals surface area contributed by atoms with Crippen LogP contribution in [0.4, 0.5) is 5.69 Å². The molecule has 2 rings (SSSR count). The number of anilines is 1. The van der Waals surface area contributed by atoms with E-state index in [0.717, 1.165) is 24.4 Å². The highest BCUT2D eigenvalue weighted by atomic mass is 35.5. The number of aliphatic hydroxyl groups is 1. The quantitative estimate of drug-likeness (QED) is 0.900. The van der Waals surface area contributed by atoms with Gasteiger partial charge < -0.3 is 10.0 Å². The van der Waals surface area contributed by atoms with Crippen LogP contribution in [-0.2, 0) is 0 Å². The summed E-state index contributed by atoms with van der Waals surface area (Å²) in [5.74, 6) is 0.221. The van der Waals surface area contributed by atoms with Gasteiger partial charge in [-0.15, -0.1) is 0 Å². The Hall–Kier alpha value is -0.730. The van der Waals surface area contributed by atoms with Crippen LogP contribution in [0.3, 0.4) is 0 Å². The first-order chi connectivity index (χ1) is 8.54. The summed E-state index contributed by atoms with van der Waals surface area (Å²) >= 11 is 6.12. The van der Waals surface area contributed by atoms with E-state index in [1.165, 1.54) is 11.3 Å². The SMILES string of the molecule is CCC[C@@H]1c2cc(Cl)ccc2N(C(C)C)C[C@H]1O. The fourth-order valence-corrected chi connectivity index (χ4v) is 3.05. The lowest BCUT2D eigenvalue weighted by Gasteiger charge is -2.41. The zero-order valence-electron chi connectivity index (χ0n) is 11.4. The Bertz CT molecular complexity index is 419. The largest absolute Gasteiger partial charge is 0.391 e. The van der Waals surface area contributed by atoms with Crippen LogP contribution in [0.1, 0.15) is 45.1 Å². The monoisotopic (exact) mass is 267 g/mol. The van der Waals surface area contributed by atoms with Gasteiger partial charge in [-0.25, -0.2) is 0 Å². The lowest BCUT2D eigenvalue weighted by Crippen LogP contribution is -2.44. The molecule has 2 atom stereocenters. The van der Waals surface area contributed by atoms with E-state index < -0.39 is 0 Å². The molecule has 0 amide bonds. The normalized spacial score (nSPS) is 23.3. The molecule has 3 heteroatoms. The molecule has 1 aromatic carbocycles. The van der Waals surface area contributed by atoms with Crippen molar-refractivity contribution in [3.8, 4) is 0 Å². The molecule has 1 aliphatic heterocycles. The van der Waals surface area contributed by atoms with E-state index in [-0.39, 0.29) is 12.0 Å². The van der Waals surface area contributed by atoms with E-state index in [9.17, 15) is 5.11 Å². The summed E-state index contributed by atoms with van der Waals surface area (Å²) in [6.07, 6.45) is 1.80. The lowest BCUT2D eigenvalue weighted by atomic mass is 9.84. The van der Waals surface area contributed by atoms with Gasteiger partial charge in [0.2, 0.25) is 0 Å². The Kier molecular flexibility index (Phi) is 4.18. The zero-order chi connectivity index (χ0) is 13.3. The molecule has 100 valence electrons. The number of fused-ring (bicyclic) bond motifs is 1. The van der Waals surface area contributed by atoms with Crippen LogP contribution in [0.2, 0.25) is 5.02 Å². The van der Waals surface area contributed by atoms with Crippen molar-refractivity contribution < 1.29 is 5.11 Å². The third-order valence-electron chi connectivity index (χ3n) is 3.77. The minimum atomic E-state index is -0.293. The fraction of sp³-hybridized carbons (Fsp3) is 0.600. The predicted octanol–water partition coefficient (Wildman–Crippen LogP) is 3.81. The highest BCUT2D eigenvalue weighted by molar-refractivity contribution is 6.30. The van der Waals surface area contributed by atoms with Crippen molar-refractivity contribution in [1.82, 2.24) is 0 Å². The van der Waals surface area contributed by atoms with Gasteiger partial charge in [-0.05, 0) is 44.0 Å². The number of β-amino-alcohol motifs (C(OH)–C–C–N with tert-alkyl or cyclic N) is 1. The number of nitrogens with zero attached hydrogens (tertiary/aromatic N) is 1. The lowest BCUT2D eigenvalue weighted by molar-refractivity contribution is 0.135. The summed E-state index contributed by atoms with van der Waals surface area (Å²) in [6, 6.07) is 6.44. The van der Waals surface area contributed by atoms with Crippen LogP contribution in [-0.4, -0.2) is 23.8 Å². The number of hydrogen-bond acceptors (Lipinski definition) is 2. The Balaban J connectivity index is 2.45. The number of halogens is 1. The molecule has 0 spiro atoms. The van der Waals surface area contributed by atoms with Crippen molar-refractivity contribution in [2.24, 2.45) is 0 Å². The Morgan fingerprint density at radius 2 is 2.17 bits per heavy atom. The highest BCUT2D eigenvalue weighted by Gasteiger charge is 2.32. The third kappa shape index (κ3) is 2.50. The van der Waals surface area contributed by atoms with E-state index >= 15 is 0 Å². The topological polar surface area (TPSA) is 23.5 Å². The highest BCUT2D eigenvalue weighted by Crippen LogP contribution is 2.40. The third-order valence-corrected chi connectivity index (χ3v) is 4.00. The van der Waals surface area contributed by atoms with E-state index in [1.54, 1.807) is 0 Å². The molecule has 0 aromatic heterocycles. The molecular weight excluding hydrogens is 246 g/mol. The van der Waals surface area contributed by atoms with Crippen LogP contribution < -0.4 is 4.90 Å². The number of hydrogen-bond donors (Lipinski definition) is 1. The van der Waals surface area contributed by atoms with E-state index in [1.807, 2.05) is 12.1 Å². The maximum Gasteiger partial charge on any atom is 0.0784 e. The molecule has 0 saturated carbocycles. The molecule has 18 heavy (non-hydrogen) atoms. The minimum Gasteiger partial charge on any atom is -0.391 e. The molecule has 0 aliphatic carbocycles. The van der Waals surface area contributed by atoms with Gasteiger partial charge >= 0.3 is 0 Å². The molecule has 0 bridgehead atoms. The Labute approximate surface area is 115 Å². The van der Waals surface area contributed by atoms with E-state index in [0.29, 0.717) is 6.04 Å². The second-order valence-corrected chi connectivity index (χ2v) is 5.85. The number of benzene rings is 1. The summed E-state index contributed by atoms with van der Waals surface area (Å²) in [6.45, 7) is 7.19. The Morgan fingerprint density at radius 1 is 1.44 bits per heavy atom. The second-order valence-electron chi connectivity index (χ2n) is 5.41. The predicted molar refractivity (Wildman–Crippen MR) is 77.6 cm³/mol. The van der Waals surface area contributed by atoms with Crippen molar-refractivity contribution in [1.29, 1.82) is 0 Å². The summed E-state index contributed by atoms with van der Waals surface area (Å²) in [5, 5.41) is 11.1. The molecular formula is C15H22ClNO. The van der Waals surface area contributed by atoms with Gasteiger partial charge in [0.15, 0.2) is 0 Å². The fourth-order valence-electron chi connectivity index (χ4n) is 2.87. The van der Waals surface area contributed by atoms with Crippen LogP contribution in [0.5, 0.6) is 0 Å². The average molecular weight is 268 g/mol. The van der Waals surface area contributed by atoms with E-state index in [4.69, 9.17) is 11.6 Å². The zero-order valence-corrected chi connectivity index (χ0v) is 12.1. The van der Waals surface area contributed by atoms with Crippen molar-refractivity contribution in [3.63, 3.8) is 0 Å². The van der Waals surface area contributed by atoms with Crippen molar-refractivity contribution in [3.05, 3.63) is 28.8 Å². The van der Waals surface area contributed by atoms with Crippen LogP contribution >= 0.6 is 11.6 Å². The number of aliphatic hydroxyl groups excluding tert-OH is 1. The average Bonchev–Trinajstić information content (AvgIpc) is 2.32. The summed E-state index contributed by atoms with van der Waals surface area (Å²) in [5.41, 5.74) is 2.44. The molecule has 0 saturated heterocycles. The van der Waals surface area contributed by atoms with Gasteiger partial charge in [0.05, 0.1) is 6.10 Å². The van der Waals surface area contributed by atoms with Gasteiger partial charge in [-0.3, -0.25) is 0 Å². The molecule has 0 unspecified atom stereocenters.